The minimum absolute atomic E-state index is 0.0840. The Kier molecular flexibility index (Phi) is 6.10. The van der Waals surface area contributed by atoms with Crippen LogP contribution in [0.25, 0.3) is 10.8 Å². The number of rotatable bonds is 6. The number of fused-ring (bicyclic) bond motifs is 1. The monoisotopic (exact) mass is 355 g/mol. The van der Waals surface area contributed by atoms with E-state index in [0.717, 1.165) is 30.5 Å². The van der Waals surface area contributed by atoms with Gasteiger partial charge in [-0.3, -0.25) is 9.59 Å². The summed E-state index contributed by atoms with van der Waals surface area (Å²) in [6.07, 6.45) is 2.73. The van der Waals surface area contributed by atoms with Crippen LogP contribution in [0.2, 0.25) is 0 Å². The Morgan fingerprint density at radius 3 is 2.77 bits per heavy atom. The molecule has 1 amide bonds. The summed E-state index contributed by atoms with van der Waals surface area (Å²) < 4.78 is 10.6. The lowest BCUT2D eigenvalue weighted by Crippen LogP contribution is -2.42. The van der Waals surface area contributed by atoms with Crippen molar-refractivity contribution in [1.29, 1.82) is 0 Å². The lowest BCUT2D eigenvalue weighted by Gasteiger charge is -2.31. The molecular weight excluding hydrogens is 330 g/mol. The molecule has 3 rings (SSSR count). The second-order valence-electron chi connectivity index (χ2n) is 6.66. The molecule has 1 fully saturated rings. The van der Waals surface area contributed by atoms with Gasteiger partial charge in [0.15, 0.2) is 0 Å². The number of amides is 1. The molecule has 1 saturated heterocycles. The first kappa shape index (κ1) is 18.2. The Bertz CT molecular complexity index is 773. The molecule has 0 spiro atoms. The molecule has 1 atom stereocenters. The first-order valence-electron chi connectivity index (χ1n) is 9.14. The largest absolute Gasteiger partial charge is 0.494 e. The van der Waals surface area contributed by atoms with Crippen LogP contribution < -0.4 is 4.74 Å². The van der Waals surface area contributed by atoms with Crippen molar-refractivity contribution in [3.05, 3.63) is 42.5 Å². The third-order valence-corrected chi connectivity index (χ3v) is 4.83. The molecule has 0 radical (unpaired) electrons. The number of nitrogens with zero attached hydrogens (tertiary/aromatic N) is 1. The van der Waals surface area contributed by atoms with E-state index in [-0.39, 0.29) is 17.8 Å². The average molecular weight is 355 g/mol. The van der Waals surface area contributed by atoms with Crippen molar-refractivity contribution in [3.8, 4) is 5.75 Å². The summed E-state index contributed by atoms with van der Waals surface area (Å²) in [6, 6.07) is 14.2. The van der Waals surface area contributed by atoms with Gasteiger partial charge in [-0.15, -0.1) is 0 Å². The minimum atomic E-state index is -0.220. The van der Waals surface area contributed by atoms with Crippen molar-refractivity contribution < 1.29 is 19.1 Å². The highest BCUT2D eigenvalue weighted by Gasteiger charge is 2.28. The molecular formula is C21H25NO4. The molecule has 2 aromatic carbocycles. The van der Waals surface area contributed by atoms with Gasteiger partial charge in [0.1, 0.15) is 5.75 Å². The molecule has 5 nitrogen and oxygen atoms in total. The maximum absolute atomic E-state index is 12.4. The van der Waals surface area contributed by atoms with Gasteiger partial charge in [0.25, 0.3) is 0 Å². The van der Waals surface area contributed by atoms with Gasteiger partial charge in [0.05, 0.1) is 19.6 Å². The molecule has 1 aliphatic heterocycles. The van der Waals surface area contributed by atoms with E-state index in [4.69, 9.17) is 9.47 Å². The fraction of sp³-hybridized carbons (Fsp3) is 0.429. The van der Waals surface area contributed by atoms with Crippen LogP contribution >= 0.6 is 0 Å². The summed E-state index contributed by atoms with van der Waals surface area (Å²) in [5.74, 6) is 0.495. The summed E-state index contributed by atoms with van der Waals surface area (Å²) in [5.41, 5.74) is 0. The van der Waals surface area contributed by atoms with Crippen molar-refractivity contribution in [3.63, 3.8) is 0 Å². The molecule has 1 aliphatic rings. The zero-order valence-electron chi connectivity index (χ0n) is 15.1. The maximum atomic E-state index is 12.4. The standard InChI is InChI=1S/C21H25NO4/c1-25-21(24)18-8-4-12-22(15-18)20(23)9-5-13-26-19-11-10-16-6-2-3-7-17(16)14-19/h2-3,6-7,10-11,14,18H,4-5,8-9,12-13,15H2,1H3. The summed E-state index contributed by atoms with van der Waals surface area (Å²) in [6.45, 7) is 1.69. The number of likely N-dealkylation sites (tertiary alicyclic amines) is 1. The van der Waals surface area contributed by atoms with Crippen LogP contribution in [0, 0.1) is 5.92 Å². The van der Waals surface area contributed by atoms with Gasteiger partial charge in [-0.1, -0.05) is 30.3 Å². The summed E-state index contributed by atoms with van der Waals surface area (Å²) >= 11 is 0. The van der Waals surface area contributed by atoms with Crippen LogP contribution in [0.5, 0.6) is 5.75 Å². The fourth-order valence-corrected chi connectivity index (χ4v) is 3.39. The van der Waals surface area contributed by atoms with Crippen LogP contribution in [0.3, 0.4) is 0 Å². The van der Waals surface area contributed by atoms with Gasteiger partial charge in [-0.05, 0) is 42.2 Å². The molecule has 0 aliphatic carbocycles. The molecule has 0 bridgehead atoms. The van der Waals surface area contributed by atoms with E-state index in [9.17, 15) is 9.59 Å². The van der Waals surface area contributed by atoms with Crippen LogP contribution in [-0.4, -0.2) is 43.6 Å². The predicted octanol–water partition coefficient (Wildman–Crippen LogP) is 3.41. The number of hydrogen-bond donors (Lipinski definition) is 0. The second kappa shape index (κ2) is 8.70. The third kappa shape index (κ3) is 4.54. The first-order valence-corrected chi connectivity index (χ1v) is 9.14. The predicted molar refractivity (Wildman–Crippen MR) is 100.0 cm³/mol. The van der Waals surface area contributed by atoms with Crippen molar-refractivity contribution in [1.82, 2.24) is 4.90 Å². The lowest BCUT2D eigenvalue weighted by atomic mass is 9.98. The highest BCUT2D eigenvalue weighted by molar-refractivity contribution is 5.83. The average Bonchev–Trinajstić information content (AvgIpc) is 2.70. The van der Waals surface area contributed by atoms with Gasteiger partial charge in [0, 0.05) is 19.5 Å². The van der Waals surface area contributed by atoms with E-state index in [0.29, 0.717) is 26.0 Å². The third-order valence-electron chi connectivity index (χ3n) is 4.83. The molecule has 5 heteroatoms. The second-order valence-corrected chi connectivity index (χ2v) is 6.66. The molecule has 26 heavy (non-hydrogen) atoms. The molecule has 1 unspecified atom stereocenters. The van der Waals surface area contributed by atoms with Gasteiger partial charge < -0.3 is 14.4 Å². The zero-order chi connectivity index (χ0) is 18.4. The van der Waals surface area contributed by atoms with Crippen LogP contribution in [0.1, 0.15) is 25.7 Å². The van der Waals surface area contributed by atoms with Crippen molar-refractivity contribution in [2.45, 2.75) is 25.7 Å². The van der Waals surface area contributed by atoms with E-state index in [1.54, 1.807) is 4.90 Å². The number of methoxy groups -OCH3 is 1. The Labute approximate surface area is 153 Å². The number of piperidine rings is 1. The number of carbonyl (C=O) groups is 2. The van der Waals surface area contributed by atoms with Crippen molar-refractivity contribution >= 4 is 22.6 Å². The number of hydrogen-bond acceptors (Lipinski definition) is 4. The number of ether oxygens (including phenoxy) is 2. The van der Waals surface area contributed by atoms with Crippen LogP contribution in [0.4, 0.5) is 0 Å². The Hall–Kier alpha value is -2.56. The zero-order valence-corrected chi connectivity index (χ0v) is 15.1. The van der Waals surface area contributed by atoms with E-state index in [2.05, 4.69) is 12.1 Å². The Morgan fingerprint density at radius 1 is 1.15 bits per heavy atom. The van der Waals surface area contributed by atoms with E-state index >= 15 is 0 Å². The molecule has 0 N–H and O–H groups in total. The van der Waals surface area contributed by atoms with Gasteiger partial charge in [-0.25, -0.2) is 0 Å². The molecule has 0 aromatic heterocycles. The van der Waals surface area contributed by atoms with Gasteiger partial charge in [-0.2, -0.15) is 0 Å². The maximum Gasteiger partial charge on any atom is 0.310 e. The summed E-state index contributed by atoms with van der Waals surface area (Å²) in [7, 11) is 1.40. The molecule has 0 saturated carbocycles. The van der Waals surface area contributed by atoms with E-state index in [1.165, 1.54) is 12.5 Å². The van der Waals surface area contributed by atoms with Gasteiger partial charge in [0.2, 0.25) is 5.91 Å². The molecule has 138 valence electrons. The summed E-state index contributed by atoms with van der Waals surface area (Å²) in [4.78, 5) is 25.8. The van der Waals surface area contributed by atoms with E-state index in [1.807, 2.05) is 30.3 Å². The molecule has 2 aromatic rings. The van der Waals surface area contributed by atoms with Crippen molar-refractivity contribution in [2.75, 3.05) is 26.8 Å². The topological polar surface area (TPSA) is 55.8 Å². The van der Waals surface area contributed by atoms with Crippen LogP contribution in [0.15, 0.2) is 42.5 Å². The fourth-order valence-electron chi connectivity index (χ4n) is 3.39. The Balaban J connectivity index is 1.43. The SMILES string of the molecule is COC(=O)C1CCCN(C(=O)CCCOc2ccc3ccccc3c2)C1. The van der Waals surface area contributed by atoms with E-state index < -0.39 is 0 Å². The first-order chi connectivity index (χ1) is 12.7. The highest BCUT2D eigenvalue weighted by atomic mass is 16.5. The normalized spacial score (nSPS) is 17.1. The lowest BCUT2D eigenvalue weighted by molar-refractivity contribution is -0.149. The summed E-state index contributed by atoms with van der Waals surface area (Å²) in [5, 5.41) is 2.32. The minimum Gasteiger partial charge on any atom is -0.494 e. The van der Waals surface area contributed by atoms with Gasteiger partial charge >= 0.3 is 5.97 Å². The quantitative estimate of drug-likeness (QED) is 0.589. The number of carbonyl (C=O) groups excluding carboxylic acids is 2. The highest BCUT2D eigenvalue weighted by Crippen LogP contribution is 2.21. The van der Waals surface area contributed by atoms with Crippen molar-refractivity contribution in [2.24, 2.45) is 5.92 Å². The number of esters is 1. The molecule has 1 heterocycles. The van der Waals surface area contributed by atoms with Crippen LogP contribution in [-0.2, 0) is 14.3 Å². The number of benzene rings is 2. The smallest absolute Gasteiger partial charge is 0.310 e. The Morgan fingerprint density at radius 2 is 1.96 bits per heavy atom.